The van der Waals surface area contributed by atoms with Gasteiger partial charge in [0.25, 0.3) is 0 Å². The van der Waals surface area contributed by atoms with Crippen molar-refractivity contribution in [2.75, 3.05) is 79.1 Å². The predicted octanol–water partition coefficient (Wildman–Crippen LogP) is 1.26. The fourth-order valence-electron chi connectivity index (χ4n) is 5.30. The van der Waals surface area contributed by atoms with Crippen LogP contribution in [0.5, 0.6) is 5.75 Å². The number of amides is 4. The van der Waals surface area contributed by atoms with E-state index in [0.29, 0.717) is 57.7 Å². The van der Waals surface area contributed by atoms with Crippen LogP contribution in [-0.2, 0) is 47.7 Å². The highest BCUT2D eigenvalue weighted by Gasteiger charge is 2.21. The summed E-state index contributed by atoms with van der Waals surface area (Å²) in [6.45, 7) is 2.59. The van der Waals surface area contributed by atoms with E-state index in [0.717, 1.165) is 38.5 Å². The molecule has 59 heavy (non-hydrogen) atoms. The summed E-state index contributed by atoms with van der Waals surface area (Å²) in [6, 6.07) is 4.45. The van der Waals surface area contributed by atoms with Crippen molar-refractivity contribution in [3.05, 3.63) is 29.8 Å². The van der Waals surface area contributed by atoms with Gasteiger partial charge in [-0.2, -0.15) is 0 Å². The highest BCUT2D eigenvalue weighted by atomic mass is 16.5. The fraction of sp³-hybridized carbons (Fsp3) is 0.675. The molecule has 0 aliphatic rings. The van der Waals surface area contributed by atoms with Gasteiger partial charge in [-0.3, -0.25) is 24.0 Å². The molecule has 2 atom stereocenters. The molecule has 0 heterocycles. The Labute approximate surface area is 346 Å². The molecule has 1 aromatic rings. The van der Waals surface area contributed by atoms with E-state index in [1.54, 1.807) is 18.4 Å². The standard InChI is InChI=1S/C40H64N5O14/c41-33(38(50)44-20-24-56-26-27-57-25-21-46)10-7-8-18-42-37(49)30-58-29-28-55-23-19-43-35(47)17-16-34(40(53)54)45-36(48)11-6-4-2-1-3-5-9-22-59-32-14-12-31(13-15-32)39(51)52/h12-15,33-34H,1-11,16-20,22-30,41H2,(H,42,49)(H,43,47)(H,44,50)(H,45,48)(H,51,52)(H,53,54)/t33-,34-/m0/s1. The summed E-state index contributed by atoms with van der Waals surface area (Å²) in [7, 11) is 0. The molecule has 1 radical (unpaired) electrons. The van der Waals surface area contributed by atoms with Gasteiger partial charge in [-0.15, -0.1) is 0 Å². The number of carboxylic acids is 2. The lowest BCUT2D eigenvalue weighted by molar-refractivity contribution is -0.142. The average molecular weight is 839 g/mol. The van der Waals surface area contributed by atoms with E-state index >= 15 is 0 Å². The maximum absolute atomic E-state index is 12.3. The Morgan fingerprint density at radius 1 is 0.610 bits per heavy atom. The van der Waals surface area contributed by atoms with E-state index in [1.165, 1.54) is 12.1 Å². The Morgan fingerprint density at radius 2 is 1.22 bits per heavy atom. The number of hydrogen-bond donors (Lipinski definition) is 7. The molecule has 0 bridgehead atoms. The van der Waals surface area contributed by atoms with Crippen molar-refractivity contribution in [1.82, 2.24) is 21.3 Å². The van der Waals surface area contributed by atoms with Crippen LogP contribution in [0.2, 0.25) is 0 Å². The highest BCUT2D eigenvalue weighted by Crippen LogP contribution is 2.14. The molecule has 333 valence electrons. The van der Waals surface area contributed by atoms with Crippen LogP contribution in [0, 0.1) is 0 Å². The molecule has 0 fully saturated rings. The van der Waals surface area contributed by atoms with Crippen molar-refractivity contribution >= 4 is 41.9 Å². The van der Waals surface area contributed by atoms with E-state index < -0.39 is 24.0 Å². The zero-order valence-electron chi connectivity index (χ0n) is 34.0. The molecule has 19 heteroatoms. The van der Waals surface area contributed by atoms with Gasteiger partial charge in [-0.25, -0.2) is 9.59 Å². The number of benzene rings is 1. The SMILES string of the molecule is N[C@@H](CCCCNC(=O)COCCOCCNC(=O)CC[C@H](NC(=O)CCCCCCCCCOc1ccc(C(=O)O)cc1)C(=O)O)C(=O)NCCOCCOC[C]=O. The van der Waals surface area contributed by atoms with E-state index in [-0.39, 0.29) is 101 Å². The number of hydrogen-bond acceptors (Lipinski definition) is 13. The zero-order valence-corrected chi connectivity index (χ0v) is 34.0. The van der Waals surface area contributed by atoms with Gasteiger partial charge in [0.2, 0.25) is 29.9 Å². The molecular weight excluding hydrogens is 774 g/mol. The second kappa shape index (κ2) is 35.3. The molecule has 0 saturated heterocycles. The van der Waals surface area contributed by atoms with Crippen molar-refractivity contribution in [2.24, 2.45) is 5.73 Å². The van der Waals surface area contributed by atoms with Crippen molar-refractivity contribution in [1.29, 1.82) is 0 Å². The Balaban J connectivity index is 1.96. The minimum absolute atomic E-state index is 0.0505. The lowest BCUT2D eigenvalue weighted by atomic mass is 10.1. The molecule has 0 spiro atoms. The van der Waals surface area contributed by atoms with E-state index in [1.807, 2.05) is 0 Å². The second-order valence-corrected chi connectivity index (χ2v) is 13.5. The number of aliphatic carboxylic acids is 1. The highest BCUT2D eigenvalue weighted by molar-refractivity contribution is 5.87. The summed E-state index contributed by atoms with van der Waals surface area (Å²) in [5.74, 6) is -2.87. The molecule has 0 saturated carbocycles. The molecule has 8 N–H and O–H groups in total. The first-order valence-electron chi connectivity index (χ1n) is 20.2. The third-order valence-electron chi connectivity index (χ3n) is 8.56. The maximum atomic E-state index is 12.3. The van der Waals surface area contributed by atoms with Crippen LogP contribution in [0.1, 0.15) is 93.8 Å². The number of carbonyl (C=O) groups is 6. The van der Waals surface area contributed by atoms with E-state index in [2.05, 4.69) is 21.3 Å². The first kappa shape index (κ1) is 52.3. The minimum atomic E-state index is -1.21. The summed E-state index contributed by atoms with van der Waals surface area (Å²) >= 11 is 0. The number of rotatable bonds is 39. The van der Waals surface area contributed by atoms with Gasteiger partial charge < -0.3 is 60.9 Å². The van der Waals surface area contributed by atoms with Crippen LogP contribution in [0.25, 0.3) is 0 Å². The van der Waals surface area contributed by atoms with Gasteiger partial charge in [0, 0.05) is 32.5 Å². The van der Waals surface area contributed by atoms with E-state index in [9.17, 15) is 38.7 Å². The number of carboxylic acid groups (broad SMARTS) is 2. The molecule has 0 aliphatic carbocycles. The molecule has 1 rings (SSSR count). The van der Waals surface area contributed by atoms with Gasteiger partial charge in [0.1, 0.15) is 25.0 Å². The van der Waals surface area contributed by atoms with Crippen LogP contribution in [-0.4, -0.2) is 143 Å². The molecule has 0 aromatic heterocycles. The van der Waals surface area contributed by atoms with Crippen LogP contribution in [0.3, 0.4) is 0 Å². The minimum Gasteiger partial charge on any atom is -0.494 e. The average Bonchev–Trinajstić information content (AvgIpc) is 3.21. The Hall–Kier alpha value is -4.69. The smallest absolute Gasteiger partial charge is 0.335 e. The number of aromatic carboxylic acids is 1. The normalized spacial score (nSPS) is 11.9. The fourth-order valence-corrected chi connectivity index (χ4v) is 5.30. The Morgan fingerprint density at radius 3 is 1.88 bits per heavy atom. The third kappa shape index (κ3) is 30.1. The summed E-state index contributed by atoms with van der Waals surface area (Å²) in [5, 5.41) is 29.0. The first-order valence-corrected chi connectivity index (χ1v) is 20.2. The zero-order chi connectivity index (χ0) is 43.4. The first-order chi connectivity index (χ1) is 28.5. The van der Waals surface area contributed by atoms with Crippen molar-refractivity contribution in [3.8, 4) is 5.75 Å². The van der Waals surface area contributed by atoms with Gasteiger partial charge in [-0.05, 0) is 62.8 Å². The summed E-state index contributed by atoms with van der Waals surface area (Å²) in [5.41, 5.74) is 6.11. The number of carbonyl (C=O) groups excluding carboxylic acids is 5. The molecule has 19 nitrogen and oxygen atoms in total. The largest absolute Gasteiger partial charge is 0.494 e. The molecule has 0 unspecified atom stereocenters. The van der Waals surface area contributed by atoms with Gasteiger partial charge in [0.15, 0.2) is 0 Å². The maximum Gasteiger partial charge on any atom is 0.335 e. The lowest BCUT2D eigenvalue weighted by Crippen LogP contribution is -2.41. The van der Waals surface area contributed by atoms with Crippen molar-refractivity contribution in [2.45, 2.75) is 95.6 Å². The van der Waals surface area contributed by atoms with Crippen LogP contribution in [0.15, 0.2) is 24.3 Å². The molecule has 4 amide bonds. The summed E-state index contributed by atoms with van der Waals surface area (Å²) in [6.07, 6.45) is 9.72. The number of nitrogens with one attached hydrogen (secondary N) is 4. The summed E-state index contributed by atoms with van der Waals surface area (Å²) < 4.78 is 26.5. The summed E-state index contributed by atoms with van der Waals surface area (Å²) in [4.78, 5) is 81.1. The van der Waals surface area contributed by atoms with Gasteiger partial charge in [-0.1, -0.05) is 32.1 Å². The second-order valence-electron chi connectivity index (χ2n) is 13.5. The van der Waals surface area contributed by atoms with Crippen LogP contribution >= 0.6 is 0 Å². The quantitative estimate of drug-likeness (QED) is 0.0460. The Kier molecular flexibility index (Phi) is 31.3. The Bertz CT molecular complexity index is 1350. The predicted molar refractivity (Wildman–Crippen MR) is 214 cm³/mol. The van der Waals surface area contributed by atoms with Gasteiger partial charge in [0.05, 0.1) is 57.9 Å². The molecule has 0 aliphatic heterocycles. The van der Waals surface area contributed by atoms with Gasteiger partial charge >= 0.3 is 11.9 Å². The third-order valence-corrected chi connectivity index (χ3v) is 8.56. The monoisotopic (exact) mass is 838 g/mol. The van der Waals surface area contributed by atoms with Crippen molar-refractivity contribution < 1.29 is 67.5 Å². The molecule has 1 aromatic carbocycles. The van der Waals surface area contributed by atoms with Crippen LogP contribution < -0.4 is 31.7 Å². The molecular formula is C40H64N5O14. The van der Waals surface area contributed by atoms with E-state index in [4.69, 9.17) is 34.5 Å². The topological polar surface area (TPSA) is 280 Å². The van der Waals surface area contributed by atoms with Crippen molar-refractivity contribution in [3.63, 3.8) is 0 Å². The number of unbranched alkanes of at least 4 members (excludes halogenated alkanes) is 7. The number of nitrogens with two attached hydrogens (primary N) is 1. The van der Waals surface area contributed by atoms with Crippen LogP contribution in [0.4, 0.5) is 0 Å². The lowest BCUT2D eigenvalue weighted by Gasteiger charge is -2.14. The number of ether oxygens (including phenoxy) is 5.